The second-order valence-corrected chi connectivity index (χ2v) is 14.9. The van der Waals surface area contributed by atoms with Gasteiger partial charge in [0.25, 0.3) is 0 Å². The Balaban J connectivity index is 5.99. The first-order valence-electron chi connectivity index (χ1n) is 20.4. The summed E-state index contributed by atoms with van der Waals surface area (Å²) in [5, 5.41) is 30.0. The first-order valence-corrected chi connectivity index (χ1v) is 20.4. The molecule has 0 aliphatic heterocycles. The summed E-state index contributed by atoms with van der Waals surface area (Å²) in [6, 6.07) is -7.17. The molecule has 0 fully saturated rings. The number of carbonyl (C=O) groups is 9. The Morgan fingerprint density at radius 3 is 1.33 bits per heavy atom. The summed E-state index contributed by atoms with van der Waals surface area (Å²) in [6.45, 7) is 7.54. The predicted molar refractivity (Wildman–Crippen MR) is 221 cm³/mol. The zero-order valence-corrected chi connectivity index (χ0v) is 35.6. The van der Waals surface area contributed by atoms with E-state index >= 15 is 0 Å². The van der Waals surface area contributed by atoms with E-state index in [2.05, 4.69) is 42.5 Å². The summed E-state index contributed by atoms with van der Waals surface area (Å²) in [5.74, 6) is -7.28. The summed E-state index contributed by atoms with van der Waals surface area (Å²) in [7, 11) is 0. The highest BCUT2D eigenvalue weighted by Gasteiger charge is 2.32. The van der Waals surface area contributed by atoms with Crippen molar-refractivity contribution < 1.29 is 48.3 Å². The predicted octanol–water partition coefficient (Wildman–Crippen LogP) is -5.74. The fourth-order valence-corrected chi connectivity index (χ4v) is 5.57. The van der Waals surface area contributed by atoms with Gasteiger partial charge in [-0.2, -0.15) is 0 Å². The summed E-state index contributed by atoms with van der Waals surface area (Å²) in [6.07, 6.45) is -0.323. The lowest BCUT2D eigenvalue weighted by molar-refractivity contribution is -0.135. The smallest absolute Gasteiger partial charge is 0.243 e. The number of rotatable bonds is 31. The number of hydrogen-bond acceptors (Lipinski definition) is 14. The van der Waals surface area contributed by atoms with Crippen LogP contribution in [-0.4, -0.2) is 140 Å². The van der Waals surface area contributed by atoms with Gasteiger partial charge in [0.2, 0.25) is 53.2 Å². The molecule has 0 aromatic heterocycles. The molecule has 60 heavy (non-hydrogen) atoms. The largest absolute Gasteiger partial charge is 0.393 e. The molecule has 19 N–H and O–H groups in total. The highest BCUT2D eigenvalue weighted by atomic mass is 16.3. The van der Waals surface area contributed by atoms with E-state index in [-0.39, 0.29) is 83.6 Å². The normalized spacial score (nSPS) is 15.1. The van der Waals surface area contributed by atoms with E-state index in [0.717, 1.165) is 0 Å². The molecule has 0 aliphatic carbocycles. The van der Waals surface area contributed by atoms with E-state index in [9.17, 15) is 48.3 Å². The van der Waals surface area contributed by atoms with Gasteiger partial charge in [0.15, 0.2) is 0 Å². The number of hydrogen-bond donors (Lipinski definition) is 14. The molecule has 0 aliphatic rings. The summed E-state index contributed by atoms with van der Waals surface area (Å²) < 4.78 is 0. The van der Waals surface area contributed by atoms with E-state index in [0.29, 0.717) is 6.42 Å². The van der Waals surface area contributed by atoms with E-state index in [4.69, 9.17) is 28.7 Å². The summed E-state index contributed by atoms with van der Waals surface area (Å²) in [4.78, 5) is 116. The number of primary amides is 1. The molecule has 23 heteroatoms. The monoisotopic (exact) mass is 858 g/mol. The topological polar surface area (TPSA) is 400 Å². The summed E-state index contributed by atoms with van der Waals surface area (Å²) >= 11 is 0. The Morgan fingerprint density at radius 1 is 0.500 bits per heavy atom. The minimum atomic E-state index is -1.35. The molecule has 9 amide bonds. The van der Waals surface area contributed by atoms with Crippen LogP contribution in [0.5, 0.6) is 0 Å². The van der Waals surface area contributed by atoms with E-state index in [1.165, 1.54) is 13.8 Å². The van der Waals surface area contributed by atoms with Gasteiger partial charge in [-0.15, -0.1) is 0 Å². The molecule has 0 rings (SSSR count). The third kappa shape index (κ3) is 21.9. The second-order valence-electron chi connectivity index (χ2n) is 14.9. The van der Waals surface area contributed by atoms with Gasteiger partial charge in [-0.25, -0.2) is 0 Å². The fourth-order valence-electron chi connectivity index (χ4n) is 5.57. The summed E-state index contributed by atoms with van der Waals surface area (Å²) in [5.41, 5.74) is 27.9. The van der Waals surface area contributed by atoms with E-state index in [1.807, 2.05) is 0 Å². The van der Waals surface area contributed by atoms with Gasteiger partial charge in [-0.1, -0.05) is 27.7 Å². The lowest BCUT2D eigenvalue weighted by atomic mass is 10.0. The molecule has 1 unspecified atom stereocenters. The van der Waals surface area contributed by atoms with E-state index < -0.39 is 108 Å². The molecule has 0 bridgehead atoms. The second kappa shape index (κ2) is 30.1. The zero-order chi connectivity index (χ0) is 45.9. The molecule has 0 heterocycles. The molecule has 0 radical (unpaired) electrons. The van der Waals surface area contributed by atoms with Crippen LogP contribution in [0.1, 0.15) is 86.0 Å². The number of aliphatic hydroxyl groups is 1. The molecule has 0 saturated heterocycles. The van der Waals surface area contributed by atoms with Crippen LogP contribution >= 0.6 is 0 Å². The lowest BCUT2D eigenvalue weighted by Gasteiger charge is -2.26. The van der Waals surface area contributed by atoms with Crippen molar-refractivity contribution in [2.45, 2.75) is 128 Å². The average molecular weight is 858 g/mol. The molecule has 344 valence electrons. The number of aliphatic hydroxyl groups excluding tert-OH is 1. The van der Waals surface area contributed by atoms with Crippen LogP contribution in [0.15, 0.2) is 0 Å². The minimum Gasteiger partial charge on any atom is -0.393 e. The third-order valence-corrected chi connectivity index (χ3v) is 9.16. The highest BCUT2D eigenvalue weighted by Crippen LogP contribution is 2.07. The van der Waals surface area contributed by atoms with Gasteiger partial charge in [-0.3, -0.25) is 43.2 Å². The van der Waals surface area contributed by atoms with Gasteiger partial charge in [-0.05, 0) is 84.0 Å². The van der Waals surface area contributed by atoms with Crippen molar-refractivity contribution in [1.29, 1.82) is 0 Å². The standard InChI is InChI=1S/C37H71N13O10/c1-6-7-29(52)45-25(10-15-40)34(57)50-27(12-17-43-32(55)21(4)22(5)51)36(59)48-24(9-14-39)33(56)44-19-30(53)46-28(18-20(2)3)37(60)49-26(11-16-41)35(58)47-23(8-13-38)31(42)54/h20-28,51H,6-19,38-41H2,1-5H3,(H2,42,54)(H,43,55)(H,44,56)(H,45,52)(H,46,53)(H,47,58)(H,48,59)(H,49,60)(H,50,57)/t21-,22+,23-,24?,25-,26-,27-,28-/m0/s1. The van der Waals surface area contributed by atoms with Crippen LogP contribution < -0.4 is 71.2 Å². The number of amides is 9. The number of nitrogens with two attached hydrogens (primary N) is 5. The Bertz CT molecular complexity index is 1420. The van der Waals surface area contributed by atoms with Gasteiger partial charge in [0, 0.05) is 13.0 Å². The van der Waals surface area contributed by atoms with Crippen LogP contribution in [0.4, 0.5) is 0 Å². The Morgan fingerprint density at radius 2 is 0.900 bits per heavy atom. The van der Waals surface area contributed by atoms with Crippen LogP contribution in [0.2, 0.25) is 0 Å². The van der Waals surface area contributed by atoms with Crippen molar-refractivity contribution in [3.05, 3.63) is 0 Å². The quantitative estimate of drug-likeness (QED) is 0.0309. The first-order chi connectivity index (χ1) is 28.3. The molecule has 23 nitrogen and oxygen atoms in total. The Hall–Kier alpha value is -4.97. The molecule has 0 spiro atoms. The molecule has 8 atom stereocenters. The van der Waals surface area contributed by atoms with Crippen LogP contribution in [0.3, 0.4) is 0 Å². The minimum absolute atomic E-state index is 0.0104. The van der Waals surface area contributed by atoms with Crippen molar-refractivity contribution in [2.75, 3.05) is 39.3 Å². The SMILES string of the molecule is CCCC(=O)N[C@@H](CCN)C(=O)N[C@@H](CCNC(=O)[C@@H](C)[C@@H](C)O)C(=O)NC(CCN)C(=O)NCC(=O)N[C@@H](CC(C)C)C(=O)N[C@@H](CCN)C(=O)N[C@@H](CCN)C(N)=O. The fraction of sp³-hybridized carbons (Fsp3) is 0.757. The van der Waals surface area contributed by atoms with Gasteiger partial charge < -0.3 is 76.3 Å². The van der Waals surface area contributed by atoms with Gasteiger partial charge in [0.1, 0.15) is 36.3 Å². The molecular weight excluding hydrogens is 786 g/mol. The number of carbonyl (C=O) groups excluding carboxylic acids is 9. The maximum Gasteiger partial charge on any atom is 0.243 e. The zero-order valence-electron chi connectivity index (χ0n) is 35.6. The molecule has 0 saturated carbocycles. The lowest BCUT2D eigenvalue weighted by Crippen LogP contribution is -2.59. The van der Waals surface area contributed by atoms with E-state index in [1.54, 1.807) is 20.8 Å². The van der Waals surface area contributed by atoms with Crippen LogP contribution in [0.25, 0.3) is 0 Å². The average Bonchev–Trinajstić information content (AvgIpc) is 3.17. The van der Waals surface area contributed by atoms with Crippen molar-refractivity contribution in [3.8, 4) is 0 Å². The van der Waals surface area contributed by atoms with Crippen molar-refractivity contribution >= 4 is 53.2 Å². The maximum atomic E-state index is 13.7. The Labute approximate surface area is 351 Å². The van der Waals surface area contributed by atoms with Gasteiger partial charge >= 0.3 is 0 Å². The molecule has 0 aromatic rings. The van der Waals surface area contributed by atoms with Crippen molar-refractivity contribution in [1.82, 2.24) is 42.5 Å². The van der Waals surface area contributed by atoms with Crippen LogP contribution in [0, 0.1) is 11.8 Å². The van der Waals surface area contributed by atoms with Crippen molar-refractivity contribution in [3.63, 3.8) is 0 Å². The third-order valence-electron chi connectivity index (χ3n) is 9.16. The Kier molecular flexibility index (Phi) is 27.6. The highest BCUT2D eigenvalue weighted by molar-refractivity contribution is 5.96. The first kappa shape index (κ1) is 55.0. The van der Waals surface area contributed by atoms with Crippen LogP contribution in [-0.2, 0) is 43.2 Å². The molecular formula is C37H71N13O10. The maximum absolute atomic E-state index is 13.7. The molecule has 0 aromatic carbocycles. The van der Waals surface area contributed by atoms with Crippen molar-refractivity contribution in [2.24, 2.45) is 40.5 Å². The van der Waals surface area contributed by atoms with Gasteiger partial charge in [0.05, 0.1) is 18.6 Å². The number of nitrogens with one attached hydrogen (secondary N) is 8.